The minimum absolute atomic E-state index is 0.116. The molecule has 1 aliphatic rings. The second-order valence-electron chi connectivity index (χ2n) is 5.58. The molecule has 0 radical (unpaired) electrons. The van der Waals surface area contributed by atoms with Gasteiger partial charge in [0.15, 0.2) is 5.78 Å². The number of carbonyl (C=O) groups is 1. The van der Waals surface area contributed by atoms with Crippen molar-refractivity contribution >= 4 is 5.78 Å². The summed E-state index contributed by atoms with van der Waals surface area (Å²) in [6.07, 6.45) is 8.78. The van der Waals surface area contributed by atoms with E-state index >= 15 is 0 Å². The van der Waals surface area contributed by atoms with Gasteiger partial charge < -0.3 is 0 Å². The molecule has 1 heteroatoms. The molecule has 0 saturated carbocycles. The molecule has 0 fully saturated rings. The number of allylic oxidation sites excluding steroid dienone is 3. The van der Waals surface area contributed by atoms with E-state index in [2.05, 4.69) is 33.4 Å². The maximum atomic E-state index is 11.9. The number of rotatable bonds is 5. The summed E-state index contributed by atoms with van der Waals surface area (Å²) in [6, 6.07) is 0. The van der Waals surface area contributed by atoms with Crippen molar-refractivity contribution in [2.75, 3.05) is 0 Å². The van der Waals surface area contributed by atoms with Crippen LogP contribution < -0.4 is 0 Å². The first-order chi connectivity index (χ1) is 7.46. The molecule has 90 valence electrons. The first-order valence-electron chi connectivity index (χ1n) is 6.40. The zero-order valence-corrected chi connectivity index (χ0v) is 10.9. The Kier molecular flexibility index (Phi) is 4.52. The van der Waals surface area contributed by atoms with Crippen LogP contribution in [0.1, 0.15) is 59.3 Å². The molecule has 1 nitrogen and oxygen atoms in total. The highest BCUT2D eigenvalue weighted by Crippen LogP contribution is 2.35. The Balaban J connectivity index is 2.59. The molecule has 1 aliphatic carbocycles. The van der Waals surface area contributed by atoms with E-state index in [9.17, 15) is 4.79 Å². The predicted octanol–water partition coefficient (Wildman–Crippen LogP) is 4.44. The molecule has 0 spiro atoms. The van der Waals surface area contributed by atoms with E-state index in [-0.39, 0.29) is 11.2 Å². The fraction of sp³-hybridized carbons (Fsp3) is 0.667. The number of hydrogen-bond donors (Lipinski definition) is 0. The van der Waals surface area contributed by atoms with Gasteiger partial charge >= 0.3 is 0 Å². The van der Waals surface area contributed by atoms with Crippen molar-refractivity contribution in [2.45, 2.75) is 59.3 Å². The van der Waals surface area contributed by atoms with Crippen LogP contribution in [0.25, 0.3) is 0 Å². The van der Waals surface area contributed by atoms with Gasteiger partial charge in [-0.05, 0) is 35.8 Å². The van der Waals surface area contributed by atoms with E-state index in [0.29, 0.717) is 0 Å². The molecular weight excluding hydrogens is 196 g/mol. The number of ketones is 1. The van der Waals surface area contributed by atoms with E-state index in [1.54, 1.807) is 0 Å². The van der Waals surface area contributed by atoms with E-state index in [0.717, 1.165) is 30.4 Å². The van der Waals surface area contributed by atoms with Crippen molar-refractivity contribution in [2.24, 2.45) is 5.41 Å². The van der Waals surface area contributed by atoms with Gasteiger partial charge in [-0.1, -0.05) is 52.7 Å². The Morgan fingerprint density at radius 1 is 1.31 bits per heavy atom. The molecule has 0 saturated heterocycles. The molecule has 0 aromatic heterocycles. The summed E-state index contributed by atoms with van der Waals surface area (Å²) in [5, 5.41) is 0. The van der Waals surface area contributed by atoms with Crippen molar-refractivity contribution < 1.29 is 4.79 Å². The second kappa shape index (κ2) is 5.47. The lowest BCUT2D eigenvalue weighted by atomic mass is 9.76. The number of carbonyl (C=O) groups excluding carboxylic acids is 1. The van der Waals surface area contributed by atoms with Crippen LogP contribution in [0.4, 0.5) is 0 Å². The van der Waals surface area contributed by atoms with E-state index in [1.807, 2.05) is 0 Å². The normalized spacial score (nSPS) is 19.8. The number of Topliss-reactive ketones (excluding diaryl/α,β-unsaturated/α-hetero) is 1. The van der Waals surface area contributed by atoms with Crippen LogP contribution >= 0.6 is 0 Å². The van der Waals surface area contributed by atoms with Crippen LogP contribution in [0.3, 0.4) is 0 Å². The second-order valence-corrected chi connectivity index (χ2v) is 5.58. The molecule has 0 aliphatic heterocycles. The third-order valence-corrected chi connectivity index (χ3v) is 3.15. The third kappa shape index (κ3) is 3.62. The quantitative estimate of drug-likeness (QED) is 0.494. The van der Waals surface area contributed by atoms with Crippen LogP contribution in [0.2, 0.25) is 0 Å². The Morgan fingerprint density at radius 3 is 2.62 bits per heavy atom. The summed E-state index contributed by atoms with van der Waals surface area (Å²) in [4.78, 5) is 11.9. The largest absolute Gasteiger partial charge is 0.289 e. The third-order valence-electron chi connectivity index (χ3n) is 3.15. The van der Waals surface area contributed by atoms with E-state index in [4.69, 9.17) is 0 Å². The van der Waals surface area contributed by atoms with Crippen molar-refractivity contribution in [3.8, 4) is 0 Å². The van der Waals surface area contributed by atoms with Crippen LogP contribution in [0, 0.1) is 5.41 Å². The lowest BCUT2D eigenvalue weighted by Crippen LogP contribution is -2.22. The van der Waals surface area contributed by atoms with E-state index < -0.39 is 0 Å². The molecule has 0 heterocycles. The van der Waals surface area contributed by atoms with Crippen LogP contribution in [-0.4, -0.2) is 5.78 Å². The maximum absolute atomic E-state index is 11.9. The first-order valence-corrected chi connectivity index (χ1v) is 6.40. The summed E-state index contributed by atoms with van der Waals surface area (Å²) < 4.78 is 0. The molecule has 16 heavy (non-hydrogen) atoms. The van der Waals surface area contributed by atoms with Gasteiger partial charge in [-0.25, -0.2) is 0 Å². The molecule has 0 amide bonds. The van der Waals surface area contributed by atoms with Crippen molar-refractivity contribution in [1.82, 2.24) is 0 Å². The predicted molar refractivity (Wildman–Crippen MR) is 69.4 cm³/mol. The highest BCUT2D eigenvalue weighted by atomic mass is 16.1. The molecule has 0 atom stereocenters. The minimum atomic E-state index is 0.116. The maximum Gasteiger partial charge on any atom is 0.184 e. The Bertz CT molecular complexity index is 307. The van der Waals surface area contributed by atoms with Gasteiger partial charge in [0.25, 0.3) is 0 Å². The molecule has 0 bridgehead atoms. The Morgan fingerprint density at radius 2 is 2.00 bits per heavy atom. The minimum Gasteiger partial charge on any atom is -0.289 e. The lowest BCUT2D eigenvalue weighted by Gasteiger charge is -2.28. The van der Waals surface area contributed by atoms with E-state index in [1.165, 1.54) is 19.3 Å². The number of hydrogen-bond acceptors (Lipinski definition) is 1. The van der Waals surface area contributed by atoms with Crippen LogP contribution in [0.5, 0.6) is 0 Å². The SMILES string of the molecule is C=C1CC(C)(C)C=C(CCCCCC)C1=O. The fourth-order valence-corrected chi connectivity index (χ4v) is 2.37. The summed E-state index contributed by atoms with van der Waals surface area (Å²) >= 11 is 0. The van der Waals surface area contributed by atoms with Crippen molar-refractivity contribution in [3.63, 3.8) is 0 Å². The molecule has 0 N–H and O–H groups in total. The highest BCUT2D eigenvalue weighted by molar-refractivity contribution is 6.08. The van der Waals surface area contributed by atoms with Gasteiger partial charge in [0.2, 0.25) is 0 Å². The van der Waals surface area contributed by atoms with Gasteiger partial charge in [0.05, 0.1) is 0 Å². The number of unbranched alkanes of at least 4 members (excludes halogenated alkanes) is 3. The summed E-state index contributed by atoms with van der Waals surface area (Å²) in [6.45, 7) is 10.5. The van der Waals surface area contributed by atoms with Gasteiger partial charge in [0, 0.05) is 0 Å². The molecule has 0 aromatic carbocycles. The topological polar surface area (TPSA) is 17.1 Å². The van der Waals surface area contributed by atoms with Crippen molar-refractivity contribution in [1.29, 1.82) is 0 Å². The molecule has 0 unspecified atom stereocenters. The van der Waals surface area contributed by atoms with Crippen molar-refractivity contribution in [3.05, 3.63) is 23.8 Å². The molecule has 1 rings (SSSR count). The molecular formula is C15H24O. The highest BCUT2D eigenvalue weighted by Gasteiger charge is 2.28. The summed E-state index contributed by atoms with van der Waals surface area (Å²) in [5.74, 6) is 0.204. The fourth-order valence-electron chi connectivity index (χ4n) is 2.37. The Labute approximate surface area is 99.6 Å². The van der Waals surface area contributed by atoms with Gasteiger partial charge in [-0.2, -0.15) is 0 Å². The van der Waals surface area contributed by atoms with Crippen LogP contribution in [0.15, 0.2) is 23.8 Å². The zero-order valence-electron chi connectivity index (χ0n) is 10.9. The zero-order chi connectivity index (χ0) is 12.2. The lowest BCUT2D eigenvalue weighted by molar-refractivity contribution is -0.113. The first kappa shape index (κ1) is 13.2. The smallest absolute Gasteiger partial charge is 0.184 e. The van der Waals surface area contributed by atoms with Gasteiger partial charge in [-0.3, -0.25) is 4.79 Å². The average Bonchev–Trinajstić information content (AvgIpc) is 2.19. The summed E-state index contributed by atoms with van der Waals surface area (Å²) in [7, 11) is 0. The summed E-state index contributed by atoms with van der Waals surface area (Å²) in [5.41, 5.74) is 1.90. The van der Waals surface area contributed by atoms with Gasteiger partial charge in [-0.15, -0.1) is 0 Å². The van der Waals surface area contributed by atoms with Gasteiger partial charge in [0.1, 0.15) is 0 Å². The Hall–Kier alpha value is -0.850. The standard InChI is InChI=1S/C15H24O/c1-5-6-7-8-9-13-11-15(3,4)10-12(2)14(13)16/h11H,2,5-10H2,1,3-4H3. The van der Waals surface area contributed by atoms with Crippen LogP contribution in [-0.2, 0) is 4.79 Å². The average molecular weight is 220 g/mol. The molecule has 0 aromatic rings. The monoisotopic (exact) mass is 220 g/mol.